The molecule has 0 atom stereocenters. The second-order valence-electron chi connectivity index (χ2n) is 5.44. The Morgan fingerprint density at radius 3 is 2.74 bits per heavy atom. The number of nitrogen functional groups attached to an aromatic ring is 1. The standard InChI is InChI=1S/C15H23N3O/c1-11-6-5-9-13(16)15(11)17-14(19)10-18(2)12-7-3-4-8-12/h5-6,9,12H,3-4,7-8,10,16H2,1-2H3,(H,17,19). The number of para-hydroxylation sites is 1. The van der Waals surface area contributed by atoms with E-state index in [9.17, 15) is 4.79 Å². The largest absolute Gasteiger partial charge is 0.397 e. The van der Waals surface area contributed by atoms with Crippen LogP contribution in [0, 0.1) is 6.92 Å². The Balaban J connectivity index is 1.93. The van der Waals surface area contributed by atoms with Gasteiger partial charge in [-0.15, -0.1) is 0 Å². The van der Waals surface area contributed by atoms with Gasteiger partial charge in [-0.05, 0) is 38.4 Å². The number of nitrogens with two attached hydrogens (primary N) is 1. The van der Waals surface area contributed by atoms with Crippen molar-refractivity contribution in [3.8, 4) is 0 Å². The summed E-state index contributed by atoms with van der Waals surface area (Å²) in [4.78, 5) is 14.2. The van der Waals surface area contributed by atoms with E-state index in [1.54, 1.807) is 0 Å². The lowest BCUT2D eigenvalue weighted by atomic mass is 10.1. The molecule has 19 heavy (non-hydrogen) atoms. The number of nitrogens with zero attached hydrogens (tertiary/aromatic N) is 1. The van der Waals surface area contributed by atoms with Gasteiger partial charge in [-0.25, -0.2) is 0 Å². The average molecular weight is 261 g/mol. The van der Waals surface area contributed by atoms with Gasteiger partial charge in [-0.3, -0.25) is 9.69 Å². The summed E-state index contributed by atoms with van der Waals surface area (Å²) in [5, 5.41) is 2.93. The quantitative estimate of drug-likeness (QED) is 0.818. The smallest absolute Gasteiger partial charge is 0.238 e. The molecule has 0 heterocycles. The van der Waals surface area contributed by atoms with Gasteiger partial charge in [0.15, 0.2) is 0 Å². The third-order valence-electron chi connectivity index (χ3n) is 3.91. The minimum Gasteiger partial charge on any atom is -0.397 e. The fourth-order valence-corrected chi connectivity index (χ4v) is 2.74. The number of aryl methyl sites for hydroxylation is 1. The highest BCUT2D eigenvalue weighted by Gasteiger charge is 2.21. The summed E-state index contributed by atoms with van der Waals surface area (Å²) in [5.74, 6) is 0.00963. The molecular formula is C15H23N3O. The molecule has 0 saturated heterocycles. The van der Waals surface area contributed by atoms with Crippen molar-refractivity contribution in [2.45, 2.75) is 38.6 Å². The van der Waals surface area contributed by atoms with E-state index < -0.39 is 0 Å². The van der Waals surface area contributed by atoms with Crippen LogP contribution in [0.4, 0.5) is 11.4 Å². The molecule has 0 radical (unpaired) electrons. The summed E-state index contributed by atoms with van der Waals surface area (Å²) in [6.45, 7) is 2.38. The number of nitrogens with one attached hydrogen (secondary N) is 1. The number of anilines is 2. The second-order valence-corrected chi connectivity index (χ2v) is 5.44. The topological polar surface area (TPSA) is 58.4 Å². The Labute approximate surface area is 115 Å². The van der Waals surface area contributed by atoms with Gasteiger partial charge in [0.1, 0.15) is 0 Å². The van der Waals surface area contributed by atoms with Gasteiger partial charge in [0, 0.05) is 6.04 Å². The van der Waals surface area contributed by atoms with Crippen molar-refractivity contribution >= 4 is 17.3 Å². The monoisotopic (exact) mass is 261 g/mol. The number of carbonyl (C=O) groups excluding carboxylic acids is 1. The number of carbonyl (C=O) groups is 1. The van der Waals surface area contributed by atoms with Crippen LogP contribution >= 0.6 is 0 Å². The van der Waals surface area contributed by atoms with Gasteiger partial charge in [-0.1, -0.05) is 25.0 Å². The molecular weight excluding hydrogens is 238 g/mol. The molecule has 4 heteroatoms. The van der Waals surface area contributed by atoms with Crippen molar-refractivity contribution in [2.75, 3.05) is 24.6 Å². The third kappa shape index (κ3) is 3.47. The van der Waals surface area contributed by atoms with Crippen LogP contribution in [0.2, 0.25) is 0 Å². The van der Waals surface area contributed by atoms with E-state index in [-0.39, 0.29) is 5.91 Å². The number of benzene rings is 1. The van der Waals surface area contributed by atoms with E-state index >= 15 is 0 Å². The highest BCUT2D eigenvalue weighted by Crippen LogP contribution is 2.24. The Kier molecular flexibility index (Phi) is 4.43. The first-order valence-corrected chi connectivity index (χ1v) is 6.93. The molecule has 4 nitrogen and oxygen atoms in total. The molecule has 1 fully saturated rings. The highest BCUT2D eigenvalue weighted by atomic mass is 16.2. The predicted octanol–water partition coefficient (Wildman–Crippen LogP) is 2.39. The number of amides is 1. The van der Waals surface area contributed by atoms with Gasteiger partial charge in [0.05, 0.1) is 17.9 Å². The van der Waals surface area contributed by atoms with E-state index in [1.165, 1.54) is 25.7 Å². The maximum atomic E-state index is 12.1. The highest BCUT2D eigenvalue weighted by molar-refractivity contribution is 5.96. The van der Waals surface area contributed by atoms with Gasteiger partial charge in [0.25, 0.3) is 0 Å². The van der Waals surface area contributed by atoms with E-state index in [0.29, 0.717) is 18.3 Å². The van der Waals surface area contributed by atoms with Gasteiger partial charge in [0.2, 0.25) is 5.91 Å². The molecule has 1 aromatic carbocycles. The molecule has 1 amide bonds. The molecule has 0 bridgehead atoms. The zero-order valence-electron chi connectivity index (χ0n) is 11.8. The van der Waals surface area contributed by atoms with Crippen LogP contribution in [-0.4, -0.2) is 30.4 Å². The number of rotatable bonds is 4. The summed E-state index contributed by atoms with van der Waals surface area (Å²) in [6.07, 6.45) is 4.97. The minimum atomic E-state index is 0.00963. The van der Waals surface area contributed by atoms with Gasteiger partial charge in [-0.2, -0.15) is 0 Å². The van der Waals surface area contributed by atoms with Crippen molar-refractivity contribution in [2.24, 2.45) is 0 Å². The van der Waals surface area contributed by atoms with E-state index in [4.69, 9.17) is 5.73 Å². The Morgan fingerprint density at radius 2 is 2.11 bits per heavy atom. The number of hydrogen-bond acceptors (Lipinski definition) is 3. The first-order valence-electron chi connectivity index (χ1n) is 6.93. The second kappa shape index (κ2) is 6.06. The maximum absolute atomic E-state index is 12.1. The van der Waals surface area contributed by atoms with Crippen molar-refractivity contribution in [1.29, 1.82) is 0 Å². The zero-order chi connectivity index (χ0) is 13.8. The molecule has 0 aliphatic heterocycles. The summed E-state index contributed by atoms with van der Waals surface area (Å²) in [7, 11) is 2.02. The SMILES string of the molecule is Cc1cccc(N)c1NC(=O)CN(C)C1CCCC1. The number of likely N-dealkylation sites (N-methyl/N-ethyl adjacent to an activating group) is 1. The van der Waals surface area contributed by atoms with E-state index in [1.807, 2.05) is 32.2 Å². The predicted molar refractivity (Wildman–Crippen MR) is 79.1 cm³/mol. The summed E-state index contributed by atoms with van der Waals surface area (Å²) < 4.78 is 0. The molecule has 0 unspecified atom stereocenters. The van der Waals surface area contributed by atoms with Crippen LogP contribution in [0.1, 0.15) is 31.2 Å². The first kappa shape index (κ1) is 13.9. The van der Waals surface area contributed by atoms with Crippen LogP contribution < -0.4 is 11.1 Å². The fraction of sp³-hybridized carbons (Fsp3) is 0.533. The average Bonchev–Trinajstić information content (AvgIpc) is 2.88. The molecule has 104 valence electrons. The van der Waals surface area contributed by atoms with E-state index in [0.717, 1.165) is 11.3 Å². The van der Waals surface area contributed by atoms with Crippen molar-refractivity contribution in [3.63, 3.8) is 0 Å². The Hall–Kier alpha value is -1.55. The van der Waals surface area contributed by atoms with Gasteiger partial charge < -0.3 is 11.1 Å². The molecule has 2 rings (SSSR count). The van der Waals surface area contributed by atoms with Crippen LogP contribution in [-0.2, 0) is 4.79 Å². The molecule has 1 aromatic rings. The van der Waals surface area contributed by atoms with Crippen LogP contribution in [0.5, 0.6) is 0 Å². The molecule has 3 N–H and O–H groups in total. The molecule has 0 spiro atoms. The third-order valence-corrected chi connectivity index (χ3v) is 3.91. The number of hydrogen-bond donors (Lipinski definition) is 2. The lowest BCUT2D eigenvalue weighted by Gasteiger charge is -2.23. The summed E-state index contributed by atoms with van der Waals surface area (Å²) in [5.41, 5.74) is 8.26. The minimum absolute atomic E-state index is 0.00963. The van der Waals surface area contributed by atoms with Crippen molar-refractivity contribution < 1.29 is 4.79 Å². The summed E-state index contributed by atoms with van der Waals surface area (Å²) in [6, 6.07) is 6.21. The van der Waals surface area contributed by atoms with E-state index in [2.05, 4.69) is 10.2 Å². The molecule has 0 aromatic heterocycles. The summed E-state index contributed by atoms with van der Waals surface area (Å²) >= 11 is 0. The maximum Gasteiger partial charge on any atom is 0.238 e. The first-order chi connectivity index (χ1) is 9.08. The van der Waals surface area contributed by atoms with Crippen molar-refractivity contribution in [3.05, 3.63) is 23.8 Å². The molecule has 1 saturated carbocycles. The van der Waals surface area contributed by atoms with Gasteiger partial charge >= 0.3 is 0 Å². The fourth-order valence-electron chi connectivity index (χ4n) is 2.74. The normalized spacial score (nSPS) is 15.9. The van der Waals surface area contributed by atoms with Crippen LogP contribution in [0.15, 0.2) is 18.2 Å². The van der Waals surface area contributed by atoms with Crippen LogP contribution in [0.25, 0.3) is 0 Å². The molecule has 1 aliphatic rings. The molecule has 1 aliphatic carbocycles. The lowest BCUT2D eigenvalue weighted by Crippen LogP contribution is -2.36. The van der Waals surface area contributed by atoms with Crippen molar-refractivity contribution in [1.82, 2.24) is 4.90 Å². The Morgan fingerprint density at radius 1 is 1.42 bits per heavy atom. The lowest BCUT2D eigenvalue weighted by molar-refractivity contribution is -0.117. The van der Waals surface area contributed by atoms with Crippen LogP contribution in [0.3, 0.4) is 0 Å². The zero-order valence-corrected chi connectivity index (χ0v) is 11.8. The Bertz CT molecular complexity index is 432.